The SMILES string of the molecule is CC(C)(C)C(CC(=O)O)NC(=O)NC1CC2CCC1O2. The third kappa shape index (κ3) is 3.62. The second-order valence-corrected chi connectivity index (χ2v) is 6.85. The van der Waals surface area contributed by atoms with Crippen LogP contribution in [0.1, 0.15) is 46.5 Å². The van der Waals surface area contributed by atoms with Crippen molar-refractivity contribution < 1.29 is 19.4 Å². The van der Waals surface area contributed by atoms with Gasteiger partial charge in [0, 0.05) is 6.04 Å². The van der Waals surface area contributed by atoms with Gasteiger partial charge in [-0.2, -0.15) is 0 Å². The Labute approximate surface area is 119 Å². The molecular weight excluding hydrogens is 260 g/mol. The molecule has 0 radical (unpaired) electrons. The highest BCUT2D eigenvalue weighted by molar-refractivity contribution is 5.76. The Morgan fingerprint density at radius 3 is 2.50 bits per heavy atom. The summed E-state index contributed by atoms with van der Waals surface area (Å²) >= 11 is 0. The third-order valence-corrected chi connectivity index (χ3v) is 4.15. The molecule has 3 N–H and O–H groups in total. The summed E-state index contributed by atoms with van der Waals surface area (Å²) in [6, 6.07) is -0.647. The average Bonchev–Trinajstić information content (AvgIpc) is 2.87. The highest BCUT2D eigenvalue weighted by Gasteiger charge is 2.41. The second-order valence-electron chi connectivity index (χ2n) is 6.85. The molecule has 0 aromatic heterocycles. The first-order valence-corrected chi connectivity index (χ1v) is 7.20. The van der Waals surface area contributed by atoms with Crippen molar-refractivity contribution in [1.29, 1.82) is 0 Å². The normalized spacial score (nSPS) is 30.1. The Bertz CT molecular complexity index is 391. The van der Waals surface area contributed by atoms with E-state index in [-0.39, 0.29) is 36.1 Å². The maximum atomic E-state index is 12.0. The molecular formula is C14H24N2O4. The molecule has 6 nitrogen and oxygen atoms in total. The van der Waals surface area contributed by atoms with Gasteiger partial charge in [0.05, 0.1) is 24.7 Å². The highest BCUT2D eigenvalue weighted by atomic mass is 16.5. The van der Waals surface area contributed by atoms with Crippen LogP contribution in [0.4, 0.5) is 4.79 Å². The molecule has 2 fully saturated rings. The molecule has 6 heteroatoms. The summed E-state index contributed by atoms with van der Waals surface area (Å²) in [6.45, 7) is 5.75. The van der Waals surface area contributed by atoms with E-state index in [9.17, 15) is 9.59 Å². The van der Waals surface area contributed by atoms with Gasteiger partial charge >= 0.3 is 12.0 Å². The maximum Gasteiger partial charge on any atom is 0.315 e. The lowest BCUT2D eigenvalue weighted by atomic mass is 9.85. The molecule has 4 unspecified atom stereocenters. The zero-order chi connectivity index (χ0) is 14.9. The van der Waals surface area contributed by atoms with Crippen molar-refractivity contribution in [3.63, 3.8) is 0 Å². The lowest BCUT2D eigenvalue weighted by molar-refractivity contribution is -0.138. The van der Waals surface area contributed by atoms with Gasteiger partial charge in [0.15, 0.2) is 0 Å². The van der Waals surface area contributed by atoms with E-state index >= 15 is 0 Å². The van der Waals surface area contributed by atoms with E-state index in [1.807, 2.05) is 20.8 Å². The molecule has 0 aliphatic carbocycles. The quantitative estimate of drug-likeness (QED) is 0.730. The van der Waals surface area contributed by atoms with E-state index in [4.69, 9.17) is 9.84 Å². The lowest BCUT2D eigenvalue weighted by Gasteiger charge is -2.31. The van der Waals surface area contributed by atoms with Gasteiger partial charge in [-0.1, -0.05) is 20.8 Å². The number of fused-ring (bicyclic) bond motifs is 2. The van der Waals surface area contributed by atoms with E-state index in [1.165, 1.54) is 0 Å². The van der Waals surface area contributed by atoms with Crippen molar-refractivity contribution in [2.75, 3.05) is 0 Å². The van der Waals surface area contributed by atoms with Gasteiger partial charge in [-0.15, -0.1) is 0 Å². The van der Waals surface area contributed by atoms with Crippen LogP contribution in [0.15, 0.2) is 0 Å². The number of nitrogens with one attached hydrogen (secondary N) is 2. The van der Waals surface area contributed by atoms with Gasteiger partial charge < -0.3 is 20.5 Å². The Balaban J connectivity index is 1.86. The fourth-order valence-electron chi connectivity index (χ4n) is 2.91. The average molecular weight is 284 g/mol. The summed E-state index contributed by atoms with van der Waals surface area (Å²) in [5.41, 5.74) is -0.305. The predicted molar refractivity (Wildman–Crippen MR) is 73.5 cm³/mol. The number of rotatable bonds is 4. The Kier molecular flexibility index (Phi) is 4.22. The lowest BCUT2D eigenvalue weighted by Crippen LogP contribution is -2.52. The Hall–Kier alpha value is -1.30. The van der Waals surface area contributed by atoms with E-state index in [0.717, 1.165) is 19.3 Å². The Morgan fingerprint density at radius 2 is 2.05 bits per heavy atom. The van der Waals surface area contributed by atoms with Crippen molar-refractivity contribution >= 4 is 12.0 Å². The summed E-state index contributed by atoms with van der Waals surface area (Å²) in [5, 5.41) is 14.6. The van der Waals surface area contributed by atoms with Gasteiger partial charge in [0.1, 0.15) is 0 Å². The second kappa shape index (κ2) is 5.60. The number of carbonyl (C=O) groups excluding carboxylic acids is 1. The van der Waals surface area contributed by atoms with Crippen LogP contribution < -0.4 is 10.6 Å². The van der Waals surface area contributed by atoms with E-state index < -0.39 is 12.0 Å². The van der Waals surface area contributed by atoms with Crippen molar-refractivity contribution in [3.8, 4) is 0 Å². The van der Waals surface area contributed by atoms with Gasteiger partial charge in [0.25, 0.3) is 0 Å². The number of carbonyl (C=O) groups is 2. The zero-order valence-electron chi connectivity index (χ0n) is 12.3. The Morgan fingerprint density at radius 1 is 1.35 bits per heavy atom. The van der Waals surface area contributed by atoms with Crippen molar-refractivity contribution in [1.82, 2.24) is 10.6 Å². The van der Waals surface area contributed by atoms with Crippen LogP contribution in [0.5, 0.6) is 0 Å². The van der Waals surface area contributed by atoms with Crippen LogP contribution in [0.25, 0.3) is 0 Å². The molecule has 0 spiro atoms. The first kappa shape index (κ1) is 15.1. The van der Waals surface area contributed by atoms with E-state index in [0.29, 0.717) is 0 Å². The third-order valence-electron chi connectivity index (χ3n) is 4.15. The topological polar surface area (TPSA) is 87.7 Å². The van der Waals surface area contributed by atoms with Crippen LogP contribution in [-0.2, 0) is 9.53 Å². The minimum Gasteiger partial charge on any atom is -0.481 e. The summed E-state index contributed by atoms with van der Waals surface area (Å²) < 4.78 is 5.69. The summed E-state index contributed by atoms with van der Waals surface area (Å²) in [7, 11) is 0. The molecule has 2 saturated heterocycles. The largest absolute Gasteiger partial charge is 0.481 e. The van der Waals surface area contributed by atoms with Crippen LogP contribution in [-0.4, -0.2) is 41.4 Å². The minimum atomic E-state index is -0.909. The van der Waals surface area contributed by atoms with Crippen molar-refractivity contribution in [2.24, 2.45) is 5.41 Å². The first-order chi connectivity index (χ1) is 9.25. The molecule has 20 heavy (non-hydrogen) atoms. The summed E-state index contributed by atoms with van der Waals surface area (Å²) in [4.78, 5) is 22.9. The fraction of sp³-hybridized carbons (Fsp3) is 0.857. The fourth-order valence-corrected chi connectivity index (χ4v) is 2.91. The van der Waals surface area contributed by atoms with Crippen molar-refractivity contribution in [3.05, 3.63) is 0 Å². The van der Waals surface area contributed by atoms with Gasteiger partial charge in [-0.05, 0) is 24.7 Å². The number of hydrogen-bond acceptors (Lipinski definition) is 3. The molecule has 2 aliphatic heterocycles. The predicted octanol–water partition coefficient (Wildman–Crippen LogP) is 1.49. The number of urea groups is 1. The minimum absolute atomic E-state index is 0.0548. The molecule has 2 bridgehead atoms. The number of ether oxygens (including phenoxy) is 1. The molecule has 0 aromatic rings. The number of hydrogen-bond donors (Lipinski definition) is 3. The molecule has 2 heterocycles. The number of aliphatic carboxylic acids is 1. The highest BCUT2D eigenvalue weighted by Crippen LogP contribution is 2.34. The van der Waals surface area contributed by atoms with E-state index in [1.54, 1.807) is 0 Å². The molecule has 2 amide bonds. The summed E-state index contributed by atoms with van der Waals surface area (Å²) in [6.07, 6.45) is 3.25. The van der Waals surface area contributed by atoms with Crippen LogP contribution >= 0.6 is 0 Å². The van der Waals surface area contributed by atoms with Crippen LogP contribution in [0, 0.1) is 5.41 Å². The van der Waals surface area contributed by atoms with Gasteiger partial charge in [-0.3, -0.25) is 4.79 Å². The number of amides is 2. The number of carboxylic acid groups (broad SMARTS) is 1. The van der Waals surface area contributed by atoms with Crippen LogP contribution in [0.3, 0.4) is 0 Å². The number of carboxylic acids is 1. The van der Waals surface area contributed by atoms with Gasteiger partial charge in [0.2, 0.25) is 0 Å². The van der Waals surface area contributed by atoms with Crippen molar-refractivity contribution in [2.45, 2.75) is 70.7 Å². The van der Waals surface area contributed by atoms with Crippen LogP contribution in [0.2, 0.25) is 0 Å². The molecule has 0 saturated carbocycles. The first-order valence-electron chi connectivity index (χ1n) is 7.20. The molecule has 2 rings (SSSR count). The molecule has 4 atom stereocenters. The zero-order valence-corrected chi connectivity index (χ0v) is 12.3. The molecule has 114 valence electrons. The molecule has 2 aliphatic rings. The van der Waals surface area contributed by atoms with Gasteiger partial charge in [-0.25, -0.2) is 4.79 Å². The molecule has 0 aromatic carbocycles. The van der Waals surface area contributed by atoms with E-state index in [2.05, 4.69) is 10.6 Å². The standard InChI is InChI=1S/C14H24N2O4/c1-14(2,3)11(7-12(17)18)16-13(19)15-9-6-8-4-5-10(9)20-8/h8-11H,4-7H2,1-3H3,(H,17,18)(H2,15,16,19). The maximum absolute atomic E-state index is 12.0. The summed E-state index contributed by atoms with van der Waals surface area (Å²) in [5.74, 6) is -0.909. The monoisotopic (exact) mass is 284 g/mol. The smallest absolute Gasteiger partial charge is 0.315 e.